The van der Waals surface area contributed by atoms with Crippen LogP contribution in [0.1, 0.15) is 10.4 Å². The smallest absolute Gasteiger partial charge is 0.322 e. The number of hydrogen-bond donors (Lipinski definition) is 1. The monoisotopic (exact) mass is 302 g/mol. The Morgan fingerprint density at radius 1 is 1.05 bits per heavy atom. The van der Waals surface area contributed by atoms with Crippen molar-refractivity contribution >= 4 is 11.9 Å². The molecule has 1 aromatic carbocycles. The number of nitrogens with zero attached hydrogens (tertiary/aromatic N) is 3. The quantitative estimate of drug-likeness (QED) is 0.804. The molecule has 8 heteroatoms. The molecule has 0 atom stereocenters. The zero-order valence-electron chi connectivity index (χ0n) is 11.0. The number of benzene rings is 1. The van der Waals surface area contributed by atoms with Crippen molar-refractivity contribution in [1.29, 1.82) is 0 Å². The van der Waals surface area contributed by atoms with E-state index in [-0.39, 0.29) is 11.9 Å². The van der Waals surface area contributed by atoms with Gasteiger partial charge in [0.15, 0.2) is 0 Å². The van der Waals surface area contributed by atoms with Gasteiger partial charge in [0.2, 0.25) is 0 Å². The minimum atomic E-state index is -1.02. The van der Waals surface area contributed by atoms with E-state index in [1.807, 2.05) is 0 Å². The lowest BCUT2D eigenvalue weighted by molar-refractivity contribution is 0.101. The fourth-order valence-electron chi connectivity index (χ4n) is 1.74. The molecule has 0 aliphatic heterocycles. The highest BCUT2D eigenvalue weighted by Gasteiger charge is 2.19. The molecule has 0 aliphatic rings. The van der Waals surface area contributed by atoms with Gasteiger partial charge < -0.3 is 4.42 Å². The highest BCUT2D eigenvalue weighted by Crippen LogP contribution is 2.18. The normalized spacial score (nSPS) is 10.5. The van der Waals surface area contributed by atoms with Crippen LogP contribution in [0.25, 0.3) is 11.6 Å². The first kappa shape index (κ1) is 13.8. The van der Waals surface area contributed by atoms with Crippen LogP contribution in [-0.2, 0) is 0 Å². The molecule has 2 heterocycles. The SMILES string of the molecule is O=C(Nc1nnc(-c2ccccn2)o1)c1c(F)cccc1F. The number of rotatable bonds is 3. The van der Waals surface area contributed by atoms with Gasteiger partial charge in [-0.3, -0.25) is 15.1 Å². The average Bonchev–Trinajstić information content (AvgIpc) is 2.96. The molecule has 0 bridgehead atoms. The summed E-state index contributed by atoms with van der Waals surface area (Å²) < 4.78 is 32.2. The van der Waals surface area contributed by atoms with Crippen LogP contribution in [0, 0.1) is 11.6 Å². The standard InChI is InChI=1S/C14H8F2N4O2/c15-8-4-3-5-9(16)11(8)12(21)18-14-20-19-13(22-14)10-6-1-2-7-17-10/h1-7H,(H,18,20,21). The third-order valence-electron chi connectivity index (χ3n) is 2.72. The van der Waals surface area contributed by atoms with Gasteiger partial charge >= 0.3 is 6.01 Å². The van der Waals surface area contributed by atoms with Crippen molar-refractivity contribution in [1.82, 2.24) is 15.2 Å². The molecule has 0 unspecified atom stereocenters. The summed E-state index contributed by atoms with van der Waals surface area (Å²) in [6.07, 6.45) is 1.53. The summed E-state index contributed by atoms with van der Waals surface area (Å²) in [6.45, 7) is 0. The van der Waals surface area contributed by atoms with E-state index in [4.69, 9.17) is 4.42 Å². The minimum Gasteiger partial charge on any atom is -0.401 e. The van der Waals surface area contributed by atoms with Crippen LogP contribution >= 0.6 is 0 Å². The van der Waals surface area contributed by atoms with E-state index in [1.165, 1.54) is 6.20 Å². The Hall–Kier alpha value is -3.16. The van der Waals surface area contributed by atoms with Crippen molar-refractivity contribution in [3.8, 4) is 11.6 Å². The Kier molecular flexibility index (Phi) is 3.57. The van der Waals surface area contributed by atoms with Gasteiger partial charge in [-0.15, -0.1) is 5.10 Å². The molecule has 0 radical (unpaired) electrons. The van der Waals surface area contributed by atoms with Gasteiger partial charge in [-0.1, -0.05) is 17.2 Å². The zero-order valence-corrected chi connectivity index (χ0v) is 11.0. The van der Waals surface area contributed by atoms with Crippen LogP contribution in [0.2, 0.25) is 0 Å². The second kappa shape index (κ2) is 5.68. The van der Waals surface area contributed by atoms with Gasteiger partial charge in [-0.2, -0.15) is 0 Å². The molecule has 110 valence electrons. The Balaban J connectivity index is 1.82. The molecule has 0 spiro atoms. The minimum absolute atomic E-state index is 0.0740. The summed E-state index contributed by atoms with van der Waals surface area (Å²) in [5, 5.41) is 9.42. The fraction of sp³-hybridized carbons (Fsp3) is 0. The van der Waals surface area contributed by atoms with E-state index in [9.17, 15) is 13.6 Å². The van der Waals surface area contributed by atoms with Crippen LogP contribution in [0.3, 0.4) is 0 Å². The van der Waals surface area contributed by atoms with Gasteiger partial charge in [0.05, 0.1) is 0 Å². The zero-order chi connectivity index (χ0) is 15.5. The molecule has 1 N–H and O–H groups in total. The van der Waals surface area contributed by atoms with Crippen molar-refractivity contribution in [2.24, 2.45) is 0 Å². The van der Waals surface area contributed by atoms with Crippen molar-refractivity contribution in [3.63, 3.8) is 0 Å². The first-order chi connectivity index (χ1) is 10.6. The molecule has 6 nitrogen and oxygen atoms in total. The maximum absolute atomic E-state index is 13.5. The first-order valence-corrected chi connectivity index (χ1v) is 6.15. The van der Waals surface area contributed by atoms with E-state index in [0.29, 0.717) is 5.69 Å². The molecule has 0 saturated heterocycles. The summed E-state index contributed by atoms with van der Waals surface area (Å²) in [7, 11) is 0. The van der Waals surface area contributed by atoms with Crippen LogP contribution in [0.4, 0.5) is 14.8 Å². The second-order valence-electron chi connectivity index (χ2n) is 4.18. The summed E-state index contributed by atoms with van der Waals surface area (Å²) >= 11 is 0. The highest BCUT2D eigenvalue weighted by atomic mass is 19.1. The van der Waals surface area contributed by atoms with E-state index >= 15 is 0 Å². The number of aromatic nitrogens is 3. The predicted octanol–water partition coefficient (Wildman–Crippen LogP) is 2.66. The third-order valence-corrected chi connectivity index (χ3v) is 2.72. The molecular weight excluding hydrogens is 294 g/mol. The number of anilines is 1. The van der Waals surface area contributed by atoms with Crippen molar-refractivity contribution in [2.75, 3.05) is 5.32 Å². The number of pyridine rings is 1. The van der Waals surface area contributed by atoms with Crippen molar-refractivity contribution < 1.29 is 18.0 Å². The lowest BCUT2D eigenvalue weighted by atomic mass is 10.2. The van der Waals surface area contributed by atoms with Crippen LogP contribution in [0.15, 0.2) is 47.0 Å². The second-order valence-corrected chi connectivity index (χ2v) is 4.18. The maximum Gasteiger partial charge on any atom is 0.322 e. The summed E-state index contributed by atoms with van der Waals surface area (Å²) in [6, 6.07) is 7.90. The Morgan fingerprint density at radius 3 is 2.50 bits per heavy atom. The average molecular weight is 302 g/mol. The number of halogens is 2. The molecule has 2 aromatic heterocycles. The molecular formula is C14H8F2N4O2. The molecule has 0 fully saturated rings. The first-order valence-electron chi connectivity index (χ1n) is 6.15. The Labute approximate surface area is 122 Å². The van der Waals surface area contributed by atoms with E-state index in [0.717, 1.165) is 18.2 Å². The van der Waals surface area contributed by atoms with E-state index < -0.39 is 23.1 Å². The van der Waals surface area contributed by atoms with Gasteiger partial charge in [0, 0.05) is 6.20 Å². The van der Waals surface area contributed by atoms with Gasteiger partial charge in [0.1, 0.15) is 22.9 Å². The fourth-order valence-corrected chi connectivity index (χ4v) is 1.74. The molecule has 0 aliphatic carbocycles. The molecule has 0 saturated carbocycles. The van der Waals surface area contributed by atoms with Gasteiger partial charge in [0.25, 0.3) is 11.8 Å². The molecule has 22 heavy (non-hydrogen) atoms. The molecule has 3 aromatic rings. The molecule has 1 amide bonds. The van der Waals surface area contributed by atoms with Crippen LogP contribution < -0.4 is 5.32 Å². The lowest BCUT2D eigenvalue weighted by Gasteiger charge is -2.03. The van der Waals surface area contributed by atoms with Crippen molar-refractivity contribution in [2.45, 2.75) is 0 Å². The summed E-state index contributed by atoms with van der Waals surface area (Å²) in [5.41, 5.74) is -0.312. The lowest BCUT2D eigenvalue weighted by Crippen LogP contribution is -2.16. The van der Waals surface area contributed by atoms with Crippen LogP contribution in [-0.4, -0.2) is 21.1 Å². The van der Waals surface area contributed by atoms with Crippen LogP contribution in [0.5, 0.6) is 0 Å². The number of carbonyl (C=O) groups is 1. The molecule has 3 rings (SSSR count). The predicted molar refractivity (Wildman–Crippen MR) is 71.8 cm³/mol. The number of nitrogens with one attached hydrogen (secondary N) is 1. The largest absolute Gasteiger partial charge is 0.401 e. The van der Waals surface area contributed by atoms with Gasteiger partial charge in [-0.05, 0) is 24.3 Å². The topological polar surface area (TPSA) is 80.9 Å². The Morgan fingerprint density at radius 2 is 1.82 bits per heavy atom. The number of carbonyl (C=O) groups excluding carboxylic acids is 1. The maximum atomic E-state index is 13.5. The number of amides is 1. The van der Waals surface area contributed by atoms with Crippen molar-refractivity contribution in [3.05, 3.63) is 59.8 Å². The highest BCUT2D eigenvalue weighted by molar-refractivity contribution is 6.03. The van der Waals surface area contributed by atoms with E-state index in [1.54, 1.807) is 18.2 Å². The van der Waals surface area contributed by atoms with Gasteiger partial charge in [-0.25, -0.2) is 8.78 Å². The third kappa shape index (κ3) is 2.66. The summed E-state index contributed by atoms with van der Waals surface area (Å²) in [5.74, 6) is -2.92. The number of hydrogen-bond acceptors (Lipinski definition) is 5. The summed E-state index contributed by atoms with van der Waals surface area (Å²) in [4.78, 5) is 15.9. The van der Waals surface area contributed by atoms with E-state index in [2.05, 4.69) is 20.5 Å². The Bertz CT molecular complexity index is 800.